The molecule has 3 aromatic carbocycles. The van der Waals surface area contributed by atoms with Gasteiger partial charge in [-0.3, -0.25) is 4.79 Å². The van der Waals surface area contributed by atoms with Crippen molar-refractivity contribution in [3.63, 3.8) is 0 Å². The van der Waals surface area contributed by atoms with E-state index in [9.17, 15) is 4.79 Å². The van der Waals surface area contributed by atoms with Crippen LogP contribution in [0.4, 0.5) is 5.69 Å². The minimum absolute atomic E-state index is 0.000334. The largest absolute Gasteiger partial charge is 0.497 e. The lowest BCUT2D eigenvalue weighted by atomic mass is 10.1. The van der Waals surface area contributed by atoms with E-state index < -0.39 is 0 Å². The molecule has 33 heavy (non-hydrogen) atoms. The molecule has 1 unspecified atom stereocenters. The molecule has 0 radical (unpaired) electrons. The molecule has 0 bridgehead atoms. The second-order valence-corrected chi connectivity index (χ2v) is 8.15. The maximum atomic E-state index is 13.6. The monoisotopic (exact) mass is 438 g/mol. The number of hydrogen-bond acceptors (Lipinski definition) is 4. The number of carbonyl (C=O) groups excluding carboxylic acids is 1. The molecule has 1 aromatic heterocycles. The molecule has 0 aliphatic carbocycles. The standard InChI is InChI=1S/C27H26N4O2/c1-33-24-14-12-20(13-15-24)26-25(19-31(29-26)23-10-6-3-7-11-23)27(32)30-17-16-22(18-30)28-21-8-4-2-5-9-21/h2-15,19,22,28H,16-18H2,1H3. The van der Waals surface area contributed by atoms with Gasteiger partial charge in [-0.15, -0.1) is 0 Å². The molecule has 0 spiro atoms. The summed E-state index contributed by atoms with van der Waals surface area (Å²) < 4.78 is 7.07. The van der Waals surface area contributed by atoms with Gasteiger partial charge in [-0.1, -0.05) is 36.4 Å². The van der Waals surface area contributed by atoms with Gasteiger partial charge in [0, 0.05) is 36.6 Å². The number of likely N-dealkylation sites (tertiary alicyclic amines) is 1. The lowest BCUT2D eigenvalue weighted by molar-refractivity contribution is 0.0792. The van der Waals surface area contributed by atoms with Crippen LogP contribution in [0.1, 0.15) is 16.8 Å². The van der Waals surface area contributed by atoms with Crippen LogP contribution < -0.4 is 10.1 Å². The second-order valence-electron chi connectivity index (χ2n) is 8.15. The SMILES string of the molecule is COc1ccc(-c2nn(-c3ccccc3)cc2C(=O)N2CCC(Nc3ccccc3)C2)cc1. The number of rotatable bonds is 6. The Morgan fingerprint density at radius 1 is 0.970 bits per heavy atom. The predicted octanol–water partition coefficient (Wildman–Crippen LogP) is 4.87. The number of methoxy groups -OCH3 is 1. The highest BCUT2D eigenvalue weighted by molar-refractivity contribution is 6.00. The maximum Gasteiger partial charge on any atom is 0.257 e. The number of para-hydroxylation sites is 2. The Kier molecular flexibility index (Phi) is 5.81. The first-order valence-electron chi connectivity index (χ1n) is 11.1. The third-order valence-electron chi connectivity index (χ3n) is 5.95. The molecule has 1 aliphatic heterocycles. The summed E-state index contributed by atoms with van der Waals surface area (Å²) in [5.74, 6) is 0.767. The highest BCUT2D eigenvalue weighted by Gasteiger charge is 2.30. The highest BCUT2D eigenvalue weighted by Crippen LogP contribution is 2.28. The van der Waals surface area contributed by atoms with Crippen molar-refractivity contribution in [1.29, 1.82) is 0 Å². The molecule has 4 aromatic rings. The van der Waals surface area contributed by atoms with Crippen molar-refractivity contribution in [3.8, 4) is 22.7 Å². The van der Waals surface area contributed by atoms with Gasteiger partial charge >= 0.3 is 0 Å². The Morgan fingerprint density at radius 2 is 1.67 bits per heavy atom. The van der Waals surface area contributed by atoms with Gasteiger partial charge in [-0.05, 0) is 55.0 Å². The lowest BCUT2D eigenvalue weighted by Crippen LogP contribution is -2.31. The summed E-state index contributed by atoms with van der Waals surface area (Å²) in [5.41, 5.74) is 4.14. The quantitative estimate of drug-likeness (QED) is 0.466. The average molecular weight is 439 g/mol. The van der Waals surface area contributed by atoms with E-state index in [0.717, 1.165) is 29.1 Å². The van der Waals surface area contributed by atoms with E-state index in [1.54, 1.807) is 11.8 Å². The van der Waals surface area contributed by atoms with Crippen molar-refractivity contribution >= 4 is 11.6 Å². The van der Waals surface area contributed by atoms with Crippen LogP contribution in [0, 0.1) is 0 Å². The van der Waals surface area contributed by atoms with Crippen molar-refractivity contribution in [3.05, 3.63) is 96.7 Å². The van der Waals surface area contributed by atoms with Crippen LogP contribution >= 0.6 is 0 Å². The summed E-state index contributed by atoms with van der Waals surface area (Å²) in [4.78, 5) is 15.5. The van der Waals surface area contributed by atoms with E-state index in [2.05, 4.69) is 17.4 Å². The van der Waals surface area contributed by atoms with Crippen molar-refractivity contribution < 1.29 is 9.53 Å². The molecule has 6 nitrogen and oxygen atoms in total. The number of benzene rings is 3. The fraction of sp³-hybridized carbons (Fsp3) is 0.185. The molecule has 1 amide bonds. The molecule has 6 heteroatoms. The van der Waals surface area contributed by atoms with Crippen LogP contribution in [-0.4, -0.2) is 46.8 Å². The van der Waals surface area contributed by atoms with Gasteiger partial charge < -0.3 is 15.0 Å². The fourth-order valence-electron chi connectivity index (χ4n) is 4.21. The zero-order valence-corrected chi connectivity index (χ0v) is 18.5. The first-order chi connectivity index (χ1) is 16.2. The third kappa shape index (κ3) is 4.46. The molecule has 1 N–H and O–H groups in total. The van der Waals surface area contributed by atoms with Crippen LogP contribution in [0.15, 0.2) is 91.1 Å². The average Bonchev–Trinajstić information content (AvgIpc) is 3.53. The first kappa shape index (κ1) is 20.8. The number of nitrogens with one attached hydrogen (secondary N) is 1. The number of amides is 1. The molecular formula is C27H26N4O2. The minimum Gasteiger partial charge on any atom is -0.497 e. The van der Waals surface area contributed by atoms with E-state index in [0.29, 0.717) is 24.3 Å². The van der Waals surface area contributed by atoms with E-state index in [1.807, 2.05) is 83.9 Å². The Hall–Kier alpha value is -4.06. The van der Waals surface area contributed by atoms with Crippen LogP contribution in [0.5, 0.6) is 5.75 Å². The van der Waals surface area contributed by atoms with Crippen molar-refractivity contribution in [2.75, 3.05) is 25.5 Å². The molecule has 1 aliphatic rings. The topological polar surface area (TPSA) is 59.4 Å². The molecule has 2 heterocycles. The summed E-state index contributed by atoms with van der Waals surface area (Å²) in [7, 11) is 1.64. The Balaban J connectivity index is 1.43. The Morgan fingerprint density at radius 3 is 2.36 bits per heavy atom. The molecule has 1 atom stereocenters. The number of hydrogen-bond donors (Lipinski definition) is 1. The lowest BCUT2D eigenvalue weighted by Gasteiger charge is -2.18. The van der Waals surface area contributed by atoms with Gasteiger partial charge in [0.05, 0.1) is 18.4 Å². The van der Waals surface area contributed by atoms with Gasteiger partial charge in [-0.25, -0.2) is 4.68 Å². The normalized spacial score (nSPS) is 15.4. The summed E-state index contributed by atoms with van der Waals surface area (Å²) in [5, 5.41) is 8.34. The summed E-state index contributed by atoms with van der Waals surface area (Å²) in [6.07, 6.45) is 2.75. The zero-order valence-electron chi connectivity index (χ0n) is 18.5. The van der Waals surface area contributed by atoms with Gasteiger partial charge in [-0.2, -0.15) is 5.10 Å². The number of ether oxygens (including phenoxy) is 1. The molecule has 1 saturated heterocycles. The van der Waals surface area contributed by atoms with E-state index in [1.165, 1.54) is 0 Å². The smallest absolute Gasteiger partial charge is 0.257 e. The number of carbonyl (C=O) groups is 1. The highest BCUT2D eigenvalue weighted by atomic mass is 16.5. The molecular weight excluding hydrogens is 412 g/mol. The summed E-state index contributed by atoms with van der Waals surface area (Å²) in [6, 6.07) is 27.9. The van der Waals surface area contributed by atoms with E-state index >= 15 is 0 Å². The third-order valence-corrected chi connectivity index (χ3v) is 5.95. The molecule has 166 valence electrons. The van der Waals surface area contributed by atoms with Crippen molar-refractivity contribution in [2.45, 2.75) is 12.5 Å². The summed E-state index contributed by atoms with van der Waals surface area (Å²) >= 11 is 0. The van der Waals surface area contributed by atoms with Gasteiger partial charge in [0.15, 0.2) is 0 Å². The van der Waals surface area contributed by atoms with Gasteiger partial charge in [0.1, 0.15) is 11.4 Å². The van der Waals surface area contributed by atoms with Crippen LogP contribution in [0.2, 0.25) is 0 Å². The number of anilines is 1. The fourth-order valence-corrected chi connectivity index (χ4v) is 4.21. The van der Waals surface area contributed by atoms with Crippen LogP contribution in [-0.2, 0) is 0 Å². The number of nitrogens with zero attached hydrogens (tertiary/aromatic N) is 3. The second kappa shape index (κ2) is 9.20. The Bertz CT molecular complexity index is 1220. The summed E-state index contributed by atoms with van der Waals surface area (Å²) in [6.45, 7) is 1.37. The van der Waals surface area contributed by atoms with E-state index in [4.69, 9.17) is 9.84 Å². The predicted molar refractivity (Wildman–Crippen MR) is 130 cm³/mol. The Labute approximate surface area is 193 Å². The first-order valence-corrected chi connectivity index (χ1v) is 11.1. The van der Waals surface area contributed by atoms with Crippen LogP contribution in [0.3, 0.4) is 0 Å². The van der Waals surface area contributed by atoms with E-state index in [-0.39, 0.29) is 11.9 Å². The van der Waals surface area contributed by atoms with Crippen LogP contribution in [0.25, 0.3) is 16.9 Å². The zero-order chi connectivity index (χ0) is 22.6. The maximum absolute atomic E-state index is 13.6. The minimum atomic E-state index is 0.000334. The number of aromatic nitrogens is 2. The van der Waals surface area contributed by atoms with Gasteiger partial charge in [0.25, 0.3) is 5.91 Å². The van der Waals surface area contributed by atoms with Gasteiger partial charge in [0.2, 0.25) is 0 Å². The van der Waals surface area contributed by atoms with Crippen molar-refractivity contribution in [1.82, 2.24) is 14.7 Å². The van der Waals surface area contributed by atoms with Crippen molar-refractivity contribution in [2.24, 2.45) is 0 Å². The molecule has 1 fully saturated rings. The molecule has 5 rings (SSSR count). The molecule has 0 saturated carbocycles.